The van der Waals surface area contributed by atoms with E-state index in [4.69, 9.17) is 0 Å². The lowest BCUT2D eigenvalue weighted by atomic mass is 10.0. The maximum Gasteiger partial charge on any atom is -0.0219 e. The standard InChI is InChI=1S/C11H16.C9H12/c1-4-10-6-5-7-11(8-10)9(2)3;1-3-9-6-4-8(2)5-7-9/h5-9H,4H2,1-3H3;4-7H,3H2,1-2H3. The predicted octanol–water partition coefficient (Wildman–Crippen LogP) is 5.93. The summed E-state index contributed by atoms with van der Waals surface area (Å²) in [5.41, 5.74) is 5.65. The highest BCUT2D eigenvalue weighted by atomic mass is 14.0. The van der Waals surface area contributed by atoms with Gasteiger partial charge in [-0.2, -0.15) is 0 Å². The number of hydrogen-bond acceptors (Lipinski definition) is 0. The molecule has 2 aromatic rings. The Balaban J connectivity index is 0.000000204. The van der Waals surface area contributed by atoms with Gasteiger partial charge in [0.05, 0.1) is 0 Å². The minimum Gasteiger partial charge on any atom is -0.0617 e. The summed E-state index contributed by atoms with van der Waals surface area (Å²) in [5, 5.41) is 0. The lowest BCUT2D eigenvalue weighted by Crippen LogP contribution is -1.88. The molecule has 2 rings (SSSR count). The Hall–Kier alpha value is -1.56. The molecule has 0 fully saturated rings. The van der Waals surface area contributed by atoms with Gasteiger partial charge in [-0.05, 0) is 42.4 Å². The normalized spacial score (nSPS) is 10.1. The molecule has 0 amide bonds. The summed E-state index contributed by atoms with van der Waals surface area (Å²) in [4.78, 5) is 0. The first kappa shape index (κ1) is 16.5. The largest absolute Gasteiger partial charge is 0.0617 e. The van der Waals surface area contributed by atoms with Gasteiger partial charge in [-0.25, -0.2) is 0 Å². The van der Waals surface area contributed by atoms with E-state index < -0.39 is 0 Å². The Bertz CT molecular complexity index is 492. The summed E-state index contributed by atoms with van der Waals surface area (Å²) in [7, 11) is 0. The fourth-order valence-corrected chi connectivity index (χ4v) is 2.00. The zero-order valence-corrected chi connectivity index (χ0v) is 13.6. The van der Waals surface area contributed by atoms with Crippen LogP contribution in [0.2, 0.25) is 0 Å². The highest BCUT2D eigenvalue weighted by molar-refractivity contribution is 5.25. The first-order valence-corrected chi connectivity index (χ1v) is 7.71. The van der Waals surface area contributed by atoms with E-state index in [1.54, 1.807) is 0 Å². The van der Waals surface area contributed by atoms with Gasteiger partial charge in [-0.1, -0.05) is 81.8 Å². The molecule has 0 heteroatoms. The van der Waals surface area contributed by atoms with Crippen LogP contribution < -0.4 is 0 Å². The third-order valence-electron chi connectivity index (χ3n) is 3.55. The highest BCUT2D eigenvalue weighted by Gasteiger charge is 1.97. The Morgan fingerprint density at radius 2 is 1.40 bits per heavy atom. The van der Waals surface area contributed by atoms with Crippen molar-refractivity contribution in [2.45, 2.75) is 53.4 Å². The monoisotopic (exact) mass is 268 g/mol. The van der Waals surface area contributed by atoms with E-state index in [1.807, 2.05) is 0 Å². The van der Waals surface area contributed by atoms with Crippen molar-refractivity contribution >= 4 is 0 Å². The summed E-state index contributed by atoms with van der Waals surface area (Å²) < 4.78 is 0. The lowest BCUT2D eigenvalue weighted by Gasteiger charge is -2.05. The molecule has 0 aliphatic heterocycles. The number of rotatable bonds is 3. The molecular weight excluding hydrogens is 240 g/mol. The van der Waals surface area contributed by atoms with E-state index in [1.165, 1.54) is 22.3 Å². The molecule has 0 nitrogen and oxygen atoms in total. The molecule has 20 heavy (non-hydrogen) atoms. The third kappa shape index (κ3) is 5.61. The summed E-state index contributed by atoms with van der Waals surface area (Å²) in [6, 6.07) is 17.5. The Morgan fingerprint density at radius 3 is 1.90 bits per heavy atom. The Morgan fingerprint density at radius 1 is 0.800 bits per heavy atom. The van der Waals surface area contributed by atoms with Gasteiger partial charge in [0.1, 0.15) is 0 Å². The van der Waals surface area contributed by atoms with Crippen LogP contribution in [-0.4, -0.2) is 0 Å². The fraction of sp³-hybridized carbons (Fsp3) is 0.400. The second-order valence-corrected chi connectivity index (χ2v) is 5.59. The van der Waals surface area contributed by atoms with E-state index in [2.05, 4.69) is 83.1 Å². The molecule has 0 spiro atoms. The van der Waals surface area contributed by atoms with E-state index in [-0.39, 0.29) is 0 Å². The van der Waals surface area contributed by atoms with Gasteiger partial charge in [-0.3, -0.25) is 0 Å². The summed E-state index contributed by atoms with van der Waals surface area (Å²) >= 11 is 0. The molecule has 0 aliphatic rings. The quantitative estimate of drug-likeness (QED) is 0.647. The van der Waals surface area contributed by atoms with Crippen molar-refractivity contribution < 1.29 is 0 Å². The summed E-state index contributed by atoms with van der Waals surface area (Å²) in [5.74, 6) is 0.654. The second-order valence-electron chi connectivity index (χ2n) is 5.59. The van der Waals surface area contributed by atoms with Gasteiger partial charge in [0.15, 0.2) is 0 Å². The van der Waals surface area contributed by atoms with E-state index in [0.717, 1.165) is 12.8 Å². The zero-order valence-electron chi connectivity index (χ0n) is 13.6. The first-order chi connectivity index (χ1) is 9.56. The van der Waals surface area contributed by atoms with Gasteiger partial charge in [0.2, 0.25) is 0 Å². The molecule has 0 heterocycles. The highest BCUT2D eigenvalue weighted by Crippen LogP contribution is 2.15. The van der Waals surface area contributed by atoms with Crippen molar-refractivity contribution in [1.29, 1.82) is 0 Å². The molecule has 0 aliphatic carbocycles. The van der Waals surface area contributed by atoms with Crippen molar-refractivity contribution in [3.8, 4) is 0 Å². The molecule has 0 N–H and O–H groups in total. The maximum atomic E-state index is 2.30. The molecule has 0 unspecified atom stereocenters. The molecule has 0 bridgehead atoms. The molecular formula is C20H28. The summed E-state index contributed by atoms with van der Waals surface area (Å²) in [6.45, 7) is 10.9. The zero-order chi connectivity index (χ0) is 15.0. The average Bonchev–Trinajstić information content (AvgIpc) is 2.49. The Kier molecular flexibility index (Phi) is 7.08. The van der Waals surface area contributed by atoms with Crippen LogP contribution in [0.25, 0.3) is 0 Å². The van der Waals surface area contributed by atoms with Crippen molar-refractivity contribution in [2.24, 2.45) is 0 Å². The van der Waals surface area contributed by atoms with Crippen molar-refractivity contribution in [3.05, 3.63) is 70.8 Å². The van der Waals surface area contributed by atoms with Gasteiger partial charge in [-0.15, -0.1) is 0 Å². The van der Waals surface area contributed by atoms with Crippen LogP contribution in [0.5, 0.6) is 0 Å². The van der Waals surface area contributed by atoms with Gasteiger partial charge in [0, 0.05) is 0 Å². The number of hydrogen-bond donors (Lipinski definition) is 0. The Labute approximate surface area is 124 Å². The van der Waals surface area contributed by atoms with Crippen molar-refractivity contribution in [2.75, 3.05) is 0 Å². The van der Waals surface area contributed by atoms with Crippen LogP contribution in [0, 0.1) is 6.92 Å². The molecule has 108 valence electrons. The fourth-order valence-electron chi connectivity index (χ4n) is 2.00. The number of aryl methyl sites for hydroxylation is 3. The van der Waals surface area contributed by atoms with E-state index in [0.29, 0.717) is 5.92 Å². The first-order valence-electron chi connectivity index (χ1n) is 7.71. The number of benzene rings is 2. The maximum absolute atomic E-state index is 2.30. The third-order valence-corrected chi connectivity index (χ3v) is 3.55. The van der Waals surface area contributed by atoms with Crippen LogP contribution in [0.4, 0.5) is 0 Å². The smallest absolute Gasteiger partial charge is 0.0219 e. The van der Waals surface area contributed by atoms with Crippen LogP contribution in [0.3, 0.4) is 0 Å². The molecule has 0 atom stereocenters. The molecule has 0 aromatic heterocycles. The summed E-state index contributed by atoms with van der Waals surface area (Å²) in [6.07, 6.45) is 2.28. The molecule has 2 aromatic carbocycles. The molecule has 0 saturated heterocycles. The predicted molar refractivity (Wildman–Crippen MR) is 90.5 cm³/mol. The van der Waals surface area contributed by atoms with Crippen LogP contribution in [0.15, 0.2) is 48.5 Å². The van der Waals surface area contributed by atoms with Gasteiger partial charge in [0.25, 0.3) is 0 Å². The van der Waals surface area contributed by atoms with Crippen molar-refractivity contribution in [1.82, 2.24) is 0 Å². The average molecular weight is 268 g/mol. The minimum absolute atomic E-state index is 0.654. The molecule has 0 radical (unpaired) electrons. The minimum atomic E-state index is 0.654. The van der Waals surface area contributed by atoms with Gasteiger partial charge < -0.3 is 0 Å². The van der Waals surface area contributed by atoms with Crippen LogP contribution in [0.1, 0.15) is 55.9 Å². The van der Waals surface area contributed by atoms with Crippen molar-refractivity contribution in [3.63, 3.8) is 0 Å². The van der Waals surface area contributed by atoms with E-state index >= 15 is 0 Å². The van der Waals surface area contributed by atoms with Crippen LogP contribution in [-0.2, 0) is 12.8 Å². The second kappa shape index (κ2) is 8.58. The topological polar surface area (TPSA) is 0 Å². The van der Waals surface area contributed by atoms with Gasteiger partial charge >= 0.3 is 0 Å². The lowest BCUT2D eigenvalue weighted by molar-refractivity contribution is 0.862. The SMILES string of the molecule is CCc1ccc(C)cc1.CCc1cccc(C(C)C)c1. The molecule has 0 saturated carbocycles. The van der Waals surface area contributed by atoms with E-state index in [9.17, 15) is 0 Å². The van der Waals surface area contributed by atoms with Crippen LogP contribution >= 0.6 is 0 Å².